The second-order valence-corrected chi connectivity index (χ2v) is 1.14. The number of carbonyl (C=O) groups is 1. The van der Waals surface area contributed by atoms with Crippen LogP contribution < -0.4 is 0 Å². The lowest BCUT2D eigenvalue weighted by atomic mass is 10.5. The molecule has 29 valence electrons. The molecule has 0 unspecified atom stereocenters. The standard InChI is InChI=1S/C3H5OS/c1-3(4)2-5/h2H2,1H3. The molecule has 0 heterocycles. The van der Waals surface area contributed by atoms with Gasteiger partial charge < -0.3 is 0 Å². The lowest BCUT2D eigenvalue weighted by Crippen LogP contribution is -1.86. The van der Waals surface area contributed by atoms with Crippen LogP contribution in [0.3, 0.4) is 0 Å². The summed E-state index contributed by atoms with van der Waals surface area (Å²) in [6.07, 6.45) is 0. The van der Waals surface area contributed by atoms with Gasteiger partial charge in [-0.1, -0.05) is 12.6 Å². The molecule has 0 aliphatic rings. The van der Waals surface area contributed by atoms with Crippen LogP contribution in [0.1, 0.15) is 6.92 Å². The molecule has 0 N–H and O–H groups in total. The Morgan fingerprint density at radius 3 is 2.20 bits per heavy atom. The van der Waals surface area contributed by atoms with E-state index in [1.165, 1.54) is 6.92 Å². The lowest BCUT2D eigenvalue weighted by molar-refractivity contribution is -0.114. The summed E-state index contributed by atoms with van der Waals surface area (Å²) in [7, 11) is 0. The predicted octanol–water partition coefficient (Wildman–Crippen LogP) is 0.773. The smallest absolute Gasteiger partial charge is 0.140 e. The van der Waals surface area contributed by atoms with Gasteiger partial charge in [0.05, 0.1) is 5.75 Å². The van der Waals surface area contributed by atoms with E-state index >= 15 is 0 Å². The van der Waals surface area contributed by atoms with Crippen LogP contribution in [-0.4, -0.2) is 11.5 Å². The Bertz CT molecular complexity index is 42.2. The fourth-order valence-electron chi connectivity index (χ4n) is 0. The molecule has 1 nitrogen and oxygen atoms in total. The van der Waals surface area contributed by atoms with Gasteiger partial charge in [-0.05, 0) is 6.92 Å². The number of rotatable bonds is 1. The van der Waals surface area contributed by atoms with Gasteiger partial charge in [0.1, 0.15) is 5.78 Å². The maximum atomic E-state index is 9.71. The summed E-state index contributed by atoms with van der Waals surface area (Å²) < 4.78 is 0. The molecule has 0 atom stereocenters. The second kappa shape index (κ2) is 2.27. The quantitative estimate of drug-likeness (QED) is 0.464. The number of carbonyl (C=O) groups excluding carboxylic acids is 1. The highest BCUT2D eigenvalue weighted by Crippen LogP contribution is 1.70. The second-order valence-electron chi connectivity index (χ2n) is 0.846. The van der Waals surface area contributed by atoms with Crippen LogP contribution in [0, 0.1) is 0 Å². The molecule has 0 amide bonds. The zero-order valence-corrected chi connectivity index (χ0v) is 3.84. The third kappa shape index (κ3) is 4.02. The zero-order chi connectivity index (χ0) is 4.28. The molecule has 0 saturated carbocycles. The molecule has 0 aromatic rings. The molecule has 0 saturated heterocycles. The largest absolute Gasteiger partial charge is 0.299 e. The van der Waals surface area contributed by atoms with Crippen LogP contribution in [0.4, 0.5) is 0 Å². The summed E-state index contributed by atoms with van der Waals surface area (Å²) in [5.74, 6) is 0.319. The van der Waals surface area contributed by atoms with E-state index < -0.39 is 0 Å². The Morgan fingerprint density at radius 2 is 2.20 bits per heavy atom. The molecular formula is C3H5OS. The van der Waals surface area contributed by atoms with E-state index in [0.29, 0.717) is 0 Å². The van der Waals surface area contributed by atoms with Crippen LogP contribution in [0.2, 0.25) is 0 Å². The van der Waals surface area contributed by atoms with Gasteiger partial charge in [0.25, 0.3) is 0 Å². The summed E-state index contributed by atoms with van der Waals surface area (Å²) in [6, 6.07) is 0. The van der Waals surface area contributed by atoms with E-state index in [0.717, 1.165) is 0 Å². The monoisotopic (exact) mass is 89.0 g/mol. The maximum absolute atomic E-state index is 9.71. The van der Waals surface area contributed by atoms with Crippen molar-refractivity contribution < 1.29 is 4.79 Å². The first-order valence-corrected chi connectivity index (χ1v) is 1.92. The minimum Gasteiger partial charge on any atom is -0.299 e. The molecule has 0 rings (SSSR count). The normalized spacial score (nSPS) is 7.60. The molecule has 0 aromatic carbocycles. The van der Waals surface area contributed by atoms with E-state index in [9.17, 15) is 4.79 Å². The van der Waals surface area contributed by atoms with Gasteiger partial charge in [-0.2, -0.15) is 0 Å². The molecule has 0 aromatic heterocycles. The third-order valence-electron chi connectivity index (χ3n) is 0.203. The van der Waals surface area contributed by atoms with Crippen molar-refractivity contribution in [2.45, 2.75) is 6.92 Å². The van der Waals surface area contributed by atoms with Crippen molar-refractivity contribution in [2.24, 2.45) is 0 Å². The fourth-order valence-corrected chi connectivity index (χ4v) is 0. The SMILES string of the molecule is CC(=O)C[S]. The van der Waals surface area contributed by atoms with E-state index in [2.05, 4.69) is 12.6 Å². The number of Topliss-reactive ketones (excluding diaryl/α,β-unsaturated/α-hetero) is 1. The average molecular weight is 89.1 g/mol. The van der Waals surface area contributed by atoms with Crippen molar-refractivity contribution in [3.63, 3.8) is 0 Å². The Hall–Kier alpha value is 0.0200. The van der Waals surface area contributed by atoms with Crippen molar-refractivity contribution in [3.05, 3.63) is 0 Å². The number of ketones is 1. The Balaban J connectivity index is 2.85. The Labute approximate surface area is 36.8 Å². The summed E-state index contributed by atoms with van der Waals surface area (Å²) in [6.45, 7) is 1.48. The predicted molar refractivity (Wildman–Crippen MR) is 23.1 cm³/mol. The summed E-state index contributed by atoms with van der Waals surface area (Å²) in [5.41, 5.74) is 0. The maximum Gasteiger partial charge on any atom is 0.140 e. The highest BCUT2D eigenvalue weighted by atomic mass is 32.1. The first-order chi connectivity index (χ1) is 2.27. The molecule has 0 aliphatic carbocycles. The Morgan fingerprint density at radius 1 is 2.00 bits per heavy atom. The van der Waals surface area contributed by atoms with Gasteiger partial charge in [0.15, 0.2) is 0 Å². The highest BCUT2D eigenvalue weighted by molar-refractivity contribution is 7.81. The van der Waals surface area contributed by atoms with Crippen LogP contribution in [0.5, 0.6) is 0 Å². The van der Waals surface area contributed by atoms with Gasteiger partial charge in [0.2, 0.25) is 0 Å². The summed E-state index contributed by atoms with van der Waals surface area (Å²) >= 11 is 4.33. The fraction of sp³-hybridized carbons (Fsp3) is 0.667. The molecule has 0 spiro atoms. The van der Waals surface area contributed by atoms with E-state index in [4.69, 9.17) is 0 Å². The zero-order valence-electron chi connectivity index (χ0n) is 3.02. The molecule has 0 bridgehead atoms. The molecule has 5 heavy (non-hydrogen) atoms. The van der Waals surface area contributed by atoms with Crippen molar-refractivity contribution in [3.8, 4) is 0 Å². The van der Waals surface area contributed by atoms with E-state index in [-0.39, 0.29) is 11.5 Å². The molecular weight excluding hydrogens is 84.1 g/mol. The average Bonchev–Trinajstić information content (AvgIpc) is 1.38. The van der Waals surface area contributed by atoms with Crippen molar-refractivity contribution in [2.75, 3.05) is 5.75 Å². The minimum atomic E-state index is 0.0694. The van der Waals surface area contributed by atoms with Gasteiger partial charge in [0, 0.05) is 0 Å². The Kier molecular flexibility index (Phi) is 2.28. The first kappa shape index (κ1) is 5.02. The minimum absolute atomic E-state index is 0.0694. The topological polar surface area (TPSA) is 17.1 Å². The number of hydrogen-bond acceptors (Lipinski definition) is 1. The van der Waals surface area contributed by atoms with Crippen LogP contribution in [0.15, 0.2) is 0 Å². The van der Waals surface area contributed by atoms with E-state index in [1.807, 2.05) is 0 Å². The highest BCUT2D eigenvalue weighted by Gasteiger charge is 1.78. The first-order valence-electron chi connectivity index (χ1n) is 1.35. The van der Waals surface area contributed by atoms with Crippen LogP contribution in [-0.2, 0) is 4.79 Å². The molecule has 2 heteroatoms. The van der Waals surface area contributed by atoms with Gasteiger partial charge in [-0.15, -0.1) is 0 Å². The van der Waals surface area contributed by atoms with Crippen LogP contribution in [0.25, 0.3) is 0 Å². The lowest BCUT2D eigenvalue weighted by Gasteiger charge is -1.69. The molecule has 0 aliphatic heterocycles. The third-order valence-corrected chi connectivity index (χ3v) is 0.610. The number of hydrogen-bond donors (Lipinski definition) is 0. The van der Waals surface area contributed by atoms with Crippen molar-refractivity contribution >= 4 is 18.4 Å². The molecule has 1 radical (unpaired) electrons. The van der Waals surface area contributed by atoms with Crippen molar-refractivity contribution in [1.82, 2.24) is 0 Å². The van der Waals surface area contributed by atoms with Crippen molar-refractivity contribution in [1.29, 1.82) is 0 Å². The van der Waals surface area contributed by atoms with Crippen LogP contribution >= 0.6 is 12.6 Å². The van der Waals surface area contributed by atoms with E-state index in [1.54, 1.807) is 0 Å². The summed E-state index contributed by atoms with van der Waals surface area (Å²) in [4.78, 5) is 9.71. The van der Waals surface area contributed by atoms with Gasteiger partial charge in [-0.25, -0.2) is 0 Å². The van der Waals surface area contributed by atoms with Gasteiger partial charge in [-0.3, -0.25) is 4.79 Å². The molecule has 0 fully saturated rings. The summed E-state index contributed by atoms with van der Waals surface area (Å²) in [5, 5.41) is 0. The van der Waals surface area contributed by atoms with Gasteiger partial charge >= 0.3 is 0 Å².